The van der Waals surface area contributed by atoms with Crippen LogP contribution in [0.3, 0.4) is 0 Å². The Hall–Kier alpha value is -0.640. The highest BCUT2D eigenvalue weighted by atomic mass is 33.1. The third kappa shape index (κ3) is 50.3. The van der Waals surface area contributed by atoms with Gasteiger partial charge in [-0.25, -0.2) is 0 Å². The first kappa shape index (κ1) is 75.4. The molecule has 76 heavy (non-hydrogen) atoms. The number of likely N-dealkylation sites (N-methyl/N-ethyl adjacent to an activating group) is 1. The lowest BCUT2D eigenvalue weighted by atomic mass is 10.0. The van der Waals surface area contributed by atoms with Gasteiger partial charge >= 0.3 is 0 Å². The summed E-state index contributed by atoms with van der Waals surface area (Å²) in [6, 6.07) is -0.592. The Morgan fingerprint density at radius 3 is 1.09 bits per heavy atom. The van der Waals surface area contributed by atoms with Crippen molar-refractivity contribution in [2.75, 3.05) is 77.0 Å². The van der Waals surface area contributed by atoms with Crippen LogP contribution < -0.4 is 10.6 Å². The number of nitrogens with one attached hydrogen (secondary N) is 2. The first-order valence-electron chi connectivity index (χ1n) is 32.7. The maximum Gasteiger partial charge on any atom is 0.242 e. The Labute approximate surface area is 479 Å². The molecule has 5 atom stereocenters. The molecule has 454 valence electrons. The van der Waals surface area contributed by atoms with Gasteiger partial charge in [0, 0.05) is 57.2 Å². The van der Waals surface area contributed by atoms with Crippen LogP contribution in [0.2, 0.25) is 0 Å². The Bertz CT molecular complexity index is 1170. The smallest absolute Gasteiger partial charge is 0.242 e. The van der Waals surface area contributed by atoms with E-state index < -0.39 is 18.2 Å². The Kier molecular flexibility index (Phi) is 57.1. The number of aliphatic hydroxyl groups is 4. The van der Waals surface area contributed by atoms with Crippen molar-refractivity contribution in [3.63, 3.8) is 0 Å². The molecule has 0 fully saturated rings. The molecule has 0 aromatic carbocycles. The maximum atomic E-state index is 13.6. The fraction of sp³-hybridized carbons (Fsp3) is 0.968. The van der Waals surface area contributed by atoms with Crippen LogP contribution in [0.5, 0.6) is 0 Å². The number of nitrogens with zero attached hydrogens (tertiary/aromatic N) is 3. The second-order valence-electron chi connectivity index (χ2n) is 22.8. The molecule has 0 aromatic rings. The van der Waals surface area contributed by atoms with E-state index in [0.29, 0.717) is 52.0 Å². The summed E-state index contributed by atoms with van der Waals surface area (Å²) in [5.74, 6) is 1.51. The van der Waals surface area contributed by atoms with Crippen LogP contribution in [0.1, 0.15) is 286 Å². The van der Waals surface area contributed by atoms with E-state index in [1.165, 1.54) is 141 Å². The summed E-state index contributed by atoms with van der Waals surface area (Å²) in [4.78, 5) is 33.8. The van der Waals surface area contributed by atoms with E-state index in [1.54, 1.807) is 10.8 Å². The molecule has 6 N–H and O–H groups in total. The highest BCUT2D eigenvalue weighted by molar-refractivity contribution is 8.76. The average molecular weight is 1120 g/mol. The van der Waals surface area contributed by atoms with Crippen molar-refractivity contribution in [2.45, 2.75) is 316 Å². The molecule has 0 aliphatic heterocycles. The van der Waals surface area contributed by atoms with Crippen LogP contribution in [0.15, 0.2) is 0 Å². The van der Waals surface area contributed by atoms with Crippen molar-refractivity contribution in [3.05, 3.63) is 0 Å². The normalized spacial score (nSPS) is 14.0. The minimum absolute atomic E-state index is 0.102. The maximum absolute atomic E-state index is 13.6. The standard InChI is InChI=1S/C63H129N5O6S2/c1-7-13-17-21-25-27-31-35-43-59(71)55-68(56-60(72)44-36-32-28-26-22-18-14-8-2)49-39-40-51-75-76-52-46-61(63(74)64-47-50-66(11-5)12-6)65-62(73)45-37-38-48-67(53-57(69)41-33-29-23-19-15-9-3)54-58(70)42-34-30-24-20-16-10-4/h57-61,69-72H,7-56H2,1-6H3,(H,64,74)(H,65,73). The number of rotatable bonds is 61. The van der Waals surface area contributed by atoms with Crippen molar-refractivity contribution in [3.8, 4) is 0 Å². The van der Waals surface area contributed by atoms with E-state index in [1.807, 2.05) is 10.8 Å². The van der Waals surface area contributed by atoms with Crippen LogP contribution in [-0.2, 0) is 9.59 Å². The van der Waals surface area contributed by atoms with Crippen molar-refractivity contribution < 1.29 is 30.0 Å². The van der Waals surface area contributed by atoms with Gasteiger partial charge in [0.05, 0.1) is 24.4 Å². The molecule has 0 saturated carbocycles. The minimum Gasteiger partial charge on any atom is -0.392 e. The lowest BCUT2D eigenvalue weighted by Gasteiger charge is -2.27. The molecule has 0 aliphatic carbocycles. The zero-order valence-electron chi connectivity index (χ0n) is 51.0. The van der Waals surface area contributed by atoms with Gasteiger partial charge < -0.3 is 36.0 Å². The lowest BCUT2D eigenvalue weighted by Crippen LogP contribution is -2.48. The van der Waals surface area contributed by atoms with Crippen LogP contribution in [0.25, 0.3) is 0 Å². The zero-order valence-corrected chi connectivity index (χ0v) is 52.6. The lowest BCUT2D eigenvalue weighted by molar-refractivity contribution is -0.129. The van der Waals surface area contributed by atoms with E-state index in [-0.39, 0.29) is 24.0 Å². The van der Waals surface area contributed by atoms with Gasteiger partial charge in [0.1, 0.15) is 6.04 Å². The Morgan fingerprint density at radius 1 is 0.382 bits per heavy atom. The molecule has 0 saturated heterocycles. The molecule has 0 aliphatic rings. The van der Waals surface area contributed by atoms with E-state index in [9.17, 15) is 30.0 Å². The zero-order chi connectivity index (χ0) is 56.0. The topological polar surface area (TPSA) is 149 Å². The van der Waals surface area contributed by atoms with Gasteiger partial charge in [-0.2, -0.15) is 0 Å². The number of carbonyl (C=O) groups is 2. The summed E-state index contributed by atoms with van der Waals surface area (Å²) in [6.07, 6.45) is 40.5. The summed E-state index contributed by atoms with van der Waals surface area (Å²) in [7, 11) is 3.60. The minimum atomic E-state index is -0.592. The van der Waals surface area contributed by atoms with Crippen LogP contribution >= 0.6 is 21.6 Å². The first-order valence-corrected chi connectivity index (χ1v) is 35.2. The predicted octanol–water partition coefficient (Wildman–Crippen LogP) is 14.3. The van der Waals surface area contributed by atoms with Gasteiger partial charge in [-0.3, -0.25) is 19.4 Å². The predicted molar refractivity (Wildman–Crippen MR) is 333 cm³/mol. The molecular formula is C63H129N5O6S2. The van der Waals surface area contributed by atoms with Gasteiger partial charge in [-0.1, -0.05) is 243 Å². The summed E-state index contributed by atoms with van der Waals surface area (Å²) in [5.41, 5.74) is 0. The van der Waals surface area contributed by atoms with Crippen molar-refractivity contribution in [2.24, 2.45) is 0 Å². The second kappa shape index (κ2) is 57.6. The van der Waals surface area contributed by atoms with E-state index in [0.717, 1.165) is 128 Å². The number of aliphatic hydroxyl groups excluding tert-OH is 4. The molecule has 5 unspecified atom stereocenters. The fourth-order valence-electron chi connectivity index (χ4n) is 10.4. The van der Waals surface area contributed by atoms with Crippen molar-refractivity contribution >= 4 is 33.4 Å². The van der Waals surface area contributed by atoms with Gasteiger partial charge in [-0.15, -0.1) is 0 Å². The highest BCUT2D eigenvalue weighted by Gasteiger charge is 2.22. The van der Waals surface area contributed by atoms with Crippen LogP contribution in [-0.4, -0.2) is 154 Å². The molecule has 2 amide bonds. The molecule has 0 heterocycles. The van der Waals surface area contributed by atoms with Crippen LogP contribution in [0, 0.1) is 0 Å². The first-order chi connectivity index (χ1) is 37.0. The monoisotopic (exact) mass is 1120 g/mol. The number of hydrogen-bond acceptors (Lipinski definition) is 11. The Balaban J connectivity index is 5.24. The third-order valence-corrected chi connectivity index (χ3v) is 17.9. The number of amides is 2. The van der Waals surface area contributed by atoms with E-state index in [4.69, 9.17) is 0 Å². The quantitative estimate of drug-likeness (QED) is 0.0255. The molecule has 0 aromatic heterocycles. The number of carbonyl (C=O) groups excluding carboxylic acids is 2. The molecule has 0 rings (SSSR count). The van der Waals surface area contributed by atoms with E-state index >= 15 is 0 Å². The molecular weight excluding hydrogens is 987 g/mol. The highest BCUT2D eigenvalue weighted by Crippen LogP contribution is 2.24. The summed E-state index contributed by atoms with van der Waals surface area (Å²) >= 11 is 0. The van der Waals surface area contributed by atoms with Gasteiger partial charge in [0.2, 0.25) is 11.8 Å². The van der Waals surface area contributed by atoms with Crippen LogP contribution in [0.4, 0.5) is 0 Å². The van der Waals surface area contributed by atoms with Gasteiger partial charge in [0.15, 0.2) is 0 Å². The largest absolute Gasteiger partial charge is 0.392 e. The summed E-state index contributed by atoms with van der Waals surface area (Å²) in [5, 5.41) is 50.4. The second-order valence-corrected chi connectivity index (χ2v) is 25.5. The number of unbranched alkanes of at least 4 members (excludes halogenated alkanes) is 26. The summed E-state index contributed by atoms with van der Waals surface area (Å²) < 4.78 is 0. The SMILES string of the molecule is CCCCCCCCCCC(O)CN(CCCCSSCCC(NC(=O)CCCCN(CC(O)CCCCCCCC)CC(O)CCCCCCCC)C(=O)NCCN(CC)CC)CC(O)CCCCCCCCCC. The van der Waals surface area contributed by atoms with E-state index in [2.05, 4.69) is 66.9 Å². The van der Waals surface area contributed by atoms with Gasteiger partial charge in [0.25, 0.3) is 0 Å². The number of hydrogen-bond donors (Lipinski definition) is 6. The average Bonchev–Trinajstić information content (AvgIpc) is 3.40. The van der Waals surface area contributed by atoms with Crippen molar-refractivity contribution in [1.29, 1.82) is 0 Å². The molecule has 13 heteroatoms. The summed E-state index contributed by atoms with van der Waals surface area (Å²) in [6.45, 7) is 20.4. The van der Waals surface area contributed by atoms with Crippen molar-refractivity contribution in [1.82, 2.24) is 25.3 Å². The van der Waals surface area contributed by atoms with Gasteiger partial charge in [-0.05, 0) is 84.0 Å². The molecule has 0 radical (unpaired) electrons. The fourth-order valence-corrected chi connectivity index (χ4v) is 12.6. The molecule has 0 spiro atoms. The Morgan fingerprint density at radius 2 is 0.724 bits per heavy atom. The molecule has 11 nitrogen and oxygen atoms in total. The molecule has 0 bridgehead atoms. The third-order valence-electron chi connectivity index (χ3n) is 15.4.